The Kier molecular flexibility index (Phi) is 12.5. The number of aliphatic hydroxyl groups excluding tert-OH is 13. The van der Waals surface area contributed by atoms with Crippen LogP contribution in [0.2, 0.25) is 0 Å². The van der Waals surface area contributed by atoms with E-state index in [1.54, 1.807) is 0 Å². The molecule has 4 fully saturated rings. The van der Waals surface area contributed by atoms with Crippen molar-refractivity contribution >= 4 is 0 Å². The lowest BCUT2D eigenvalue weighted by molar-refractivity contribution is -0.372. The second kappa shape index (κ2) is 15.1. The molecule has 19 atom stereocenters. The van der Waals surface area contributed by atoms with Crippen LogP contribution < -0.4 is 0 Å². The summed E-state index contributed by atoms with van der Waals surface area (Å²) in [6.45, 7) is -3.74. The van der Waals surface area contributed by atoms with E-state index in [-0.39, 0.29) is 0 Å². The first-order chi connectivity index (χ1) is 21.1. The van der Waals surface area contributed by atoms with E-state index in [2.05, 4.69) is 0 Å². The molecule has 0 spiro atoms. The van der Waals surface area contributed by atoms with Crippen molar-refractivity contribution in [2.24, 2.45) is 0 Å². The number of hydrogen-bond acceptors (Lipinski definition) is 21. The van der Waals surface area contributed by atoms with Crippen LogP contribution in [-0.4, -0.2) is 221 Å². The molecule has 45 heavy (non-hydrogen) atoms. The molecule has 4 aliphatic heterocycles. The molecule has 21 nitrogen and oxygen atoms in total. The first kappa shape index (κ1) is 37.0. The summed E-state index contributed by atoms with van der Waals surface area (Å²) in [4.78, 5) is 0. The maximum atomic E-state index is 10.5. The highest BCUT2D eigenvalue weighted by Crippen LogP contribution is 2.31. The van der Waals surface area contributed by atoms with Gasteiger partial charge in [0, 0.05) is 0 Å². The highest BCUT2D eigenvalue weighted by atomic mass is 16.8. The molecule has 0 saturated carbocycles. The van der Waals surface area contributed by atoms with E-state index in [0.717, 1.165) is 0 Å². The molecule has 0 aromatic carbocycles. The second-order valence-electron chi connectivity index (χ2n) is 11.3. The fourth-order valence-electron chi connectivity index (χ4n) is 5.25. The molecule has 4 rings (SSSR count). The van der Waals surface area contributed by atoms with Crippen molar-refractivity contribution in [3.63, 3.8) is 0 Å². The van der Waals surface area contributed by atoms with Gasteiger partial charge < -0.3 is 105 Å². The summed E-state index contributed by atoms with van der Waals surface area (Å²) in [7, 11) is 0. The van der Waals surface area contributed by atoms with Gasteiger partial charge in [0.25, 0.3) is 0 Å². The summed E-state index contributed by atoms with van der Waals surface area (Å²) in [5, 5.41) is 141. The SMILES string of the molecule is OC[C@H]1O[C@H](OC[C@H]2O[C@H](OC[C@H]3O[C@H](O[C@@H]4COC(O)(CO)[C@@H](O)[C@@H]4O)[C@H](O)[C@@H](O)[C@@H]3O)[C@H](O)[C@@H](O)[C@@H]2O)[C@H](O)[C@@H](O)[C@@H]1O. The van der Waals surface area contributed by atoms with Gasteiger partial charge in [-0.05, 0) is 0 Å². The van der Waals surface area contributed by atoms with E-state index in [9.17, 15) is 71.5 Å². The van der Waals surface area contributed by atoms with Crippen LogP contribution in [0.15, 0.2) is 0 Å². The van der Waals surface area contributed by atoms with E-state index in [1.807, 2.05) is 0 Å². The van der Waals surface area contributed by atoms with Crippen LogP contribution in [0.25, 0.3) is 0 Å². The van der Waals surface area contributed by atoms with Crippen LogP contribution in [0.3, 0.4) is 0 Å². The Morgan fingerprint density at radius 1 is 0.533 bits per heavy atom. The Labute approximate surface area is 254 Å². The summed E-state index contributed by atoms with van der Waals surface area (Å²) in [6.07, 6.45) is -31.1. The molecule has 1 unspecified atom stereocenters. The fourth-order valence-corrected chi connectivity index (χ4v) is 5.25. The minimum atomic E-state index is -2.49. The molecule has 4 saturated heterocycles. The molecule has 0 radical (unpaired) electrons. The van der Waals surface area contributed by atoms with Crippen molar-refractivity contribution in [1.82, 2.24) is 0 Å². The van der Waals surface area contributed by atoms with Gasteiger partial charge in [0.15, 0.2) is 18.9 Å². The number of aliphatic hydroxyl groups is 14. The van der Waals surface area contributed by atoms with Crippen LogP contribution in [0.4, 0.5) is 0 Å². The molecule has 264 valence electrons. The van der Waals surface area contributed by atoms with Crippen molar-refractivity contribution in [3.8, 4) is 0 Å². The largest absolute Gasteiger partial charge is 0.394 e. The van der Waals surface area contributed by atoms with E-state index >= 15 is 0 Å². The summed E-state index contributed by atoms with van der Waals surface area (Å²) < 4.78 is 37.3. The summed E-state index contributed by atoms with van der Waals surface area (Å²) in [6, 6.07) is 0. The molecule has 0 aromatic heterocycles. The Balaban J connectivity index is 1.35. The monoisotopic (exact) mass is 666 g/mol. The van der Waals surface area contributed by atoms with Crippen molar-refractivity contribution in [1.29, 1.82) is 0 Å². The second-order valence-corrected chi connectivity index (χ2v) is 11.3. The average Bonchev–Trinajstić information content (AvgIpc) is 3.03. The topological polar surface area (TPSA) is 348 Å². The average molecular weight is 667 g/mol. The quantitative estimate of drug-likeness (QED) is 0.103. The van der Waals surface area contributed by atoms with Gasteiger partial charge in [0.1, 0.15) is 91.6 Å². The fraction of sp³-hybridized carbons (Fsp3) is 1.00. The standard InChI is InChI=1S/C24H42O21/c25-1-6-10(27)14(31)17(34)21(42-6)39-2-7-11(28)15(32)18(35)22(43-7)40-3-8-12(29)16(33)19(36)23(44-8)45-9-4-41-24(38,5-26)20(37)13(9)30/h6-23,25-38H,1-5H2/t6-,7-,8-,9-,10-,11-,12-,13-,14+,15+,16+,17-,18-,19-,20+,21+,22+,23-,24?/m1/s1. The molecule has 4 aliphatic rings. The van der Waals surface area contributed by atoms with E-state index in [0.29, 0.717) is 0 Å². The third kappa shape index (κ3) is 7.59. The Hall–Kier alpha value is -0.840. The third-order valence-electron chi connectivity index (χ3n) is 8.23. The summed E-state index contributed by atoms with van der Waals surface area (Å²) >= 11 is 0. The number of ether oxygens (including phenoxy) is 7. The summed E-state index contributed by atoms with van der Waals surface area (Å²) in [5.41, 5.74) is 0. The van der Waals surface area contributed by atoms with Gasteiger partial charge in [-0.3, -0.25) is 0 Å². The van der Waals surface area contributed by atoms with Crippen LogP contribution in [-0.2, 0) is 33.2 Å². The van der Waals surface area contributed by atoms with Crippen molar-refractivity contribution in [2.75, 3.05) is 33.0 Å². The van der Waals surface area contributed by atoms with Gasteiger partial charge in [0.2, 0.25) is 5.79 Å². The van der Waals surface area contributed by atoms with Crippen LogP contribution in [0.5, 0.6) is 0 Å². The van der Waals surface area contributed by atoms with Crippen LogP contribution in [0, 0.1) is 0 Å². The minimum absolute atomic E-state index is 0.601. The third-order valence-corrected chi connectivity index (χ3v) is 8.23. The Morgan fingerprint density at radius 3 is 1.42 bits per heavy atom. The smallest absolute Gasteiger partial charge is 0.218 e. The first-order valence-electron chi connectivity index (χ1n) is 14.1. The highest BCUT2D eigenvalue weighted by Gasteiger charge is 2.53. The Morgan fingerprint density at radius 2 is 0.956 bits per heavy atom. The molecular weight excluding hydrogens is 624 g/mol. The molecule has 0 aromatic rings. The van der Waals surface area contributed by atoms with Crippen molar-refractivity contribution in [2.45, 2.75) is 116 Å². The number of hydrogen-bond donors (Lipinski definition) is 14. The molecule has 0 bridgehead atoms. The van der Waals surface area contributed by atoms with Crippen molar-refractivity contribution < 1.29 is 105 Å². The molecule has 21 heteroatoms. The zero-order chi connectivity index (χ0) is 33.4. The first-order valence-corrected chi connectivity index (χ1v) is 14.1. The molecule has 4 heterocycles. The maximum absolute atomic E-state index is 10.5. The Bertz CT molecular complexity index is 931. The number of rotatable bonds is 10. The van der Waals surface area contributed by atoms with Gasteiger partial charge in [-0.25, -0.2) is 0 Å². The lowest BCUT2D eigenvalue weighted by Gasteiger charge is -2.46. The molecule has 14 N–H and O–H groups in total. The van der Waals surface area contributed by atoms with Crippen LogP contribution >= 0.6 is 0 Å². The minimum Gasteiger partial charge on any atom is -0.394 e. The normalized spacial score (nSPS) is 52.9. The lowest BCUT2D eigenvalue weighted by atomic mass is 9.96. The van der Waals surface area contributed by atoms with Gasteiger partial charge in [0.05, 0.1) is 33.0 Å². The van der Waals surface area contributed by atoms with Gasteiger partial charge >= 0.3 is 0 Å². The predicted molar refractivity (Wildman–Crippen MR) is 134 cm³/mol. The van der Waals surface area contributed by atoms with E-state index < -0.39 is 149 Å². The maximum Gasteiger partial charge on any atom is 0.218 e. The zero-order valence-corrected chi connectivity index (χ0v) is 23.5. The van der Waals surface area contributed by atoms with Crippen LogP contribution in [0.1, 0.15) is 0 Å². The molecule has 0 aliphatic carbocycles. The van der Waals surface area contributed by atoms with Crippen molar-refractivity contribution in [3.05, 3.63) is 0 Å². The molecular formula is C24H42O21. The van der Waals surface area contributed by atoms with Gasteiger partial charge in [-0.1, -0.05) is 0 Å². The summed E-state index contributed by atoms with van der Waals surface area (Å²) in [5.74, 6) is -2.49. The van der Waals surface area contributed by atoms with Gasteiger partial charge in [-0.2, -0.15) is 0 Å². The lowest BCUT2D eigenvalue weighted by Crippen LogP contribution is -2.66. The van der Waals surface area contributed by atoms with E-state index in [1.165, 1.54) is 0 Å². The zero-order valence-electron chi connectivity index (χ0n) is 23.5. The predicted octanol–water partition coefficient (Wildman–Crippen LogP) is -9.75. The highest BCUT2D eigenvalue weighted by molar-refractivity contribution is 4.95. The van der Waals surface area contributed by atoms with Gasteiger partial charge in [-0.15, -0.1) is 0 Å². The molecule has 0 amide bonds. The van der Waals surface area contributed by atoms with E-state index in [4.69, 9.17) is 33.2 Å².